The maximum atomic E-state index is 12.1. The summed E-state index contributed by atoms with van der Waals surface area (Å²) in [6.45, 7) is 3.99. The molecule has 1 aliphatic rings. The molecule has 0 amide bonds. The molecule has 1 unspecified atom stereocenters. The minimum atomic E-state index is -3.02. The Labute approximate surface area is 144 Å². The summed E-state index contributed by atoms with van der Waals surface area (Å²) >= 11 is 6.35. The van der Waals surface area contributed by atoms with Crippen molar-refractivity contribution < 1.29 is 12.8 Å². The molecule has 0 aliphatic carbocycles. The van der Waals surface area contributed by atoms with Crippen LogP contribution in [0, 0.1) is 6.92 Å². The Morgan fingerprint density at radius 3 is 2.88 bits per heavy atom. The second-order valence-electron chi connectivity index (χ2n) is 5.99. The lowest BCUT2D eigenvalue weighted by Crippen LogP contribution is -2.43. The van der Waals surface area contributed by atoms with Gasteiger partial charge in [0, 0.05) is 5.39 Å². The van der Waals surface area contributed by atoms with Crippen LogP contribution in [0.15, 0.2) is 32.5 Å². The summed E-state index contributed by atoms with van der Waals surface area (Å²) in [5, 5.41) is 6.83. The lowest BCUT2D eigenvalue weighted by atomic mass is 10.1. The maximum Gasteiger partial charge on any atom is 0.346 e. The molecule has 24 heavy (non-hydrogen) atoms. The van der Waals surface area contributed by atoms with Gasteiger partial charge in [-0.25, -0.2) is 13.2 Å². The number of aryl methyl sites for hydroxylation is 1. The smallest absolute Gasteiger partial charge is 0.346 e. The fourth-order valence-corrected chi connectivity index (χ4v) is 4.51. The molecule has 1 aromatic heterocycles. The summed E-state index contributed by atoms with van der Waals surface area (Å²) in [5.74, 6) is 0.0948. The molecule has 1 aliphatic heterocycles. The molecule has 3 rings (SSSR count). The minimum Gasteiger partial charge on any atom is -0.422 e. The van der Waals surface area contributed by atoms with Gasteiger partial charge in [0.1, 0.15) is 5.58 Å². The number of nitrogens with zero attached hydrogens (tertiary/aromatic N) is 2. The molecular weight excluding hydrogens is 352 g/mol. The molecule has 0 bridgehead atoms. The average Bonchev–Trinajstić information content (AvgIpc) is 2.49. The van der Waals surface area contributed by atoms with E-state index in [9.17, 15) is 13.2 Å². The normalized spacial score (nSPS) is 20.8. The van der Waals surface area contributed by atoms with E-state index >= 15 is 0 Å². The van der Waals surface area contributed by atoms with Gasteiger partial charge in [-0.15, -0.1) is 0 Å². The Balaban J connectivity index is 1.97. The third-order valence-corrected chi connectivity index (χ3v) is 6.20. The second-order valence-corrected chi connectivity index (χ2v) is 8.59. The quantitative estimate of drug-likeness (QED) is 0.599. The van der Waals surface area contributed by atoms with Gasteiger partial charge in [0.2, 0.25) is 0 Å². The van der Waals surface area contributed by atoms with E-state index in [2.05, 4.69) is 5.10 Å². The second kappa shape index (κ2) is 6.22. The number of halogens is 1. The largest absolute Gasteiger partial charge is 0.422 e. The highest BCUT2D eigenvalue weighted by Crippen LogP contribution is 2.25. The lowest BCUT2D eigenvalue weighted by Gasteiger charge is -2.30. The molecule has 8 heteroatoms. The molecule has 0 saturated carbocycles. The molecule has 0 N–H and O–H groups in total. The number of hydrogen-bond acceptors (Lipinski definition) is 6. The molecule has 128 valence electrons. The van der Waals surface area contributed by atoms with Crippen molar-refractivity contribution in [3.63, 3.8) is 0 Å². The van der Waals surface area contributed by atoms with Crippen molar-refractivity contribution in [3.05, 3.63) is 44.8 Å². The Bertz CT molecular complexity index is 981. The van der Waals surface area contributed by atoms with E-state index in [0.717, 1.165) is 5.56 Å². The fourth-order valence-electron chi connectivity index (χ4n) is 2.70. The SMILES string of the molecule is Cc1ccc2oc(=O)c(/C=N/N3CCS(=O)(=O)CC3C)c(Cl)c2c1. The van der Waals surface area contributed by atoms with Crippen LogP contribution in [0.4, 0.5) is 0 Å². The van der Waals surface area contributed by atoms with Crippen molar-refractivity contribution in [1.29, 1.82) is 0 Å². The van der Waals surface area contributed by atoms with Crippen molar-refractivity contribution in [3.8, 4) is 0 Å². The Morgan fingerprint density at radius 2 is 2.17 bits per heavy atom. The minimum absolute atomic E-state index is 0.0452. The zero-order valence-electron chi connectivity index (χ0n) is 13.3. The Morgan fingerprint density at radius 1 is 1.42 bits per heavy atom. The third kappa shape index (κ3) is 3.32. The fraction of sp³-hybridized carbons (Fsp3) is 0.375. The van der Waals surface area contributed by atoms with Gasteiger partial charge in [-0.2, -0.15) is 5.10 Å². The van der Waals surface area contributed by atoms with Gasteiger partial charge in [-0.1, -0.05) is 23.2 Å². The first kappa shape index (κ1) is 17.0. The molecule has 2 heterocycles. The van der Waals surface area contributed by atoms with Crippen LogP contribution in [0.5, 0.6) is 0 Å². The van der Waals surface area contributed by atoms with Crippen LogP contribution in [0.3, 0.4) is 0 Å². The zero-order chi connectivity index (χ0) is 17.5. The van der Waals surface area contributed by atoms with Gasteiger partial charge >= 0.3 is 5.63 Å². The number of hydrogen-bond donors (Lipinski definition) is 0. The molecule has 1 aromatic carbocycles. The molecular formula is C16H17ClN2O4S. The van der Waals surface area contributed by atoms with Crippen molar-refractivity contribution in [2.75, 3.05) is 18.1 Å². The maximum absolute atomic E-state index is 12.1. The van der Waals surface area contributed by atoms with Crippen LogP contribution in [0.25, 0.3) is 11.0 Å². The third-order valence-electron chi connectivity index (χ3n) is 4.00. The number of rotatable bonds is 2. The summed E-state index contributed by atoms with van der Waals surface area (Å²) < 4.78 is 28.5. The van der Waals surface area contributed by atoms with E-state index in [1.807, 2.05) is 19.1 Å². The van der Waals surface area contributed by atoms with E-state index in [1.54, 1.807) is 18.0 Å². The van der Waals surface area contributed by atoms with Gasteiger partial charge in [-0.05, 0) is 26.0 Å². The highest BCUT2D eigenvalue weighted by Gasteiger charge is 2.27. The van der Waals surface area contributed by atoms with E-state index < -0.39 is 15.5 Å². The molecule has 6 nitrogen and oxygen atoms in total. The van der Waals surface area contributed by atoms with E-state index in [4.69, 9.17) is 16.0 Å². The van der Waals surface area contributed by atoms with Crippen molar-refractivity contribution in [1.82, 2.24) is 5.01 Å². The summed E-state index contributed by atoms with van der Waals surface area (Å²) in [5.41, 5.74) is 1.01. The summed E-state index contributed by atoms with van der Waals surface area (Å²) in [6, 6.07) is 5.13. The Kier molecular flexibility index (Phi) is 4.40. The first-order valence-electron chi connectivity index (χ1n) is 7.51. The van der Waals surface area contributed by atoms with Crippen LogP contribution in [-0.4, -0.2) is 43.7 Å². The van der Waals surface area contributed by atoms with Crippen LogP contribution in [-0.2, 0) is 9.84 Å². The number of benzene rings is 1. The summed E-state index contributed by atoms with van der Waals surface area (Å²) in [6.07, 6.45) is 1.35. The van der Waals surface area contributed by atoms with E-state index in [-0.39, 0.29) is 34.7 Å². The lowest BCUT2D eigenvalue weighted by molar-refractivity contribution is 0.239. The van der Waals surface area contributed by atoms with Gasteiger partial charge in [-0.3, -0.25) is 5.01 Å². The van der Waals surface area contributed by atoms with Gasteiger partial charge in [0.15, 0.2) is 9.84 Å². The van der Waals surface area contributed by atoms with Crippen LogP contribution < -0.4 is 5.63 Å². The number of sulfone groups is 1. The van der Waals surface area contributed by atoms with Crippen molar-refractivity contribution in [2.45, 2.75) is 19.9 Å². The first-order valence-corrected chi connectivity index (χ1v) is 9.71. The standard InChI is InChI=1S/C16H17ClN2O4S/c1-10-3-4-14-12(7-10)15(17)13(16(20)23-14)8-18-19-5-6-24(21,22)9-11(19)2/h3-4,7-8,11H,5-6,9H2,1-2H3/b18-8+. The first-order chi connectivity index (χ1) is 11.3. The monoisotopic (exact) mass is 368 g/mol. The van der Waals surface area contributed by atoms with Gasteiger partial charge in [0.05, 0.1) is 40.9 Å². The summed E-state index contributed by atoms with van der Waals surface area (Å²) in [4.78, 5) is 12.1. The molecule has 0 spiro atoms. The van der Waals surface area contributed by atoms with Gasteiger partial charge < -0.3 is 4.42 Å². The predicted molar refractivity (Wildman–Crippen MR) is 94.6 cm³/mol. The number of hydrazone groups is 1. The van der Waals surface area contributed by atoms with Gasteiger partial charge in [0.25, 0.3) is 0 Å². The van der Waals surface area contributed by atoms with E-state index in [1.165, 1.54) is 6.21 Å². The predicted octanol–water partition coefficient (Wildman–Crippen LogP) is 2.21. The highest BCUT2D eigenvalue weighted by atomic mass is 35.5. The molecule has 1 atom stereocenters. The zero-order valence-corrected chi connectivity index (χ0v) is 14.9. The Hall–Kier alpha value is -1.86. The topological polar surface area (TPSA) is 80.0 Å². The molecule has 2 aromatic rings. The number of fused-ring (bicyclic) bond motifs is 1. The van der Waals surface area contributed by atoms with Crippen LogP contribution >= 0.6 is 11.6 Å². The van der Waals surface area contributed by atoms with Crippen LogP contribution in [0.1, 0.15) is 18.1 Å². The molecule has 1 fully saturated rings. The highest BCUT2D eigenvalue weighted by molar-refractivity contribution is 7.91. The van der Waals surface area contributed by atoms with Crippen molar-refractivity contribution in [2.24, 2.45) is 5.10 Å². The molecule has 0 radical (unpaired) electrons. The van der Waals surface area contributed by atoms with Crippen molar-refractivity contribution >= 4 is 38.6 Å². The molecule has 1 saturated heterocycles. The summed E-state index contributed by atoms with van der Waals surface area (Å²) in [7, 11) is -3.02. The van der Waals surface area contributed by atoms with E-state index in [0.29, 0.717) is 11.0 Å². The average molecular weight is 369 g/mol. The van der Waals surface area contributed by atoms with Crippen LogP contribution in [0.2, 0.25) is 5.02 Å².